The summed E-state index contributed by atoms with van der Waals surface area (Å²) in [6, 6.07) is 17.2. The molecule has 2 aliphatic heterocycles. The first-order chi connectivity index (χ1) is 35.0. The number of rotatable bonds is 17. The average molecular weight is 1040 g/mol. The minimum atomic E-state index is -0.748. The van der Waals surface area contributed by atoms with Gasteiger partial charge in [0, 0.05) is 78.3 Å². The number of H-pyrrole nitrogens is 1. The van der Waals surface area contributed by atoms with E-state index < -0.39 is 35.6 Å². The van der Waals surface area contributed by atoms with Crippen LogP contribution in [0.5, 0.6) is 11.5 Å². The molecule has 3 aromatic heterocycles. The van der Waals surface area contributed by atoms with Gasteiger partial charge in [-0.05, 0) is 113 Å². The molecule has 3 amide bonds. The Labute approximate surface area is 432 Å². The molecule has 0 aliphatic carbocycles. The highest BCUT2D eigenvalue weighted by atomic mass is 35.5. The van der Waals surface area contributed by atoms with Crippen molar-refractivity contribution in [3.05, 3.63) is 123 Å². The van der Waals surface area contributed by atoms with Gasteiger partial charge in [0.1, 0.15) is 35.4 Å². The van der Waals surface area contributed by atoms with Crippen LogP contribution in [0, 0.1) is 17.7 Å². The first-order valence-corrected chi connectivity index (χ1v) is 25.2. The number of phenolic OH excluding ortho intramolecular Hbond substituents is 2. The summed E-state index contributed by atoms with van der Waals surface area (Å²) in [6.45, 7) is 11.6. The van der Waals surface area contributed by atoms with Gasteiger partial charge in [-0.1, -0.05) is 55.2 Å². The average Bonchev–Trinajstić information content (AvgIpc) is 4.16. The molecule has 2 saturated heterocycles. The topological polar surface area (TPSA) is 220 Å². The number of likely N-dealkylation sites (tertiary alicyclic amines) is 2. The van der Waals surface area contributed by atoms with Gasteiger partial charge in [0.25, 0.3) is 11.8 Å². The number of aromatic amines is 1. The molecule has 0 radical (unpaired) electrons. The Balaban J connectivity index is 0.860. The third-order valence-electron chi connectivity index (χ3n) is 13.1. The fraction of sp³-hybridized carbons (Fsp3) is 0.377. The van der Waals surface area contributed by atoms with Crippen LogP contribution in [0.1, 0.15) is 104 Å². The lowest BCUT2D eigenvalue weighted by Crippen LogP contribution is -2.42. The van der Waals surface area contributed by atoms with E-state index in [-0.39, 0.29) is 83.6 Å². The molecular formula is C53H59Cl2FN10O7. The Kier molecular flexibility index (Phi) is 16.3. The Morgan fingerprint density at radius 1 is 0.890 bits per heavy atom. The smallest absolute Gasteiger partial charge is 0.310 e. The van der Waals surface area contributed by atoms with E-state index in [1.54, 1.807) is 72.7 Å². The van der Waals surface area contributed by atoms with Crippen molar-refractivity contribution in [3.63, 3.8) is 0 Å². The summed E-state index contributed by atoms with van der Waals surface area (Å²) >= 11 is 12.8. The van der Waals surface area contributed by atoms with Crippen LogP contribution >= 0.6 is 23.2 Å². The molecule has 6 aromatic rings. The van der Waals surface area contributed by atoms with E-state index in [0.717, 1.165) is 0 Å². The number of phenols is 2. The Bertz CT molecular complexity index is 3010. The number of hydrogen-bond donors (Lipinski definition) is 6. The standard InChI is InChI=1S/C53H59Cl2FN10O7/c1-6-57-51(70)49-63-62-48(40-21-38(29(2)3)45(67)23-46(40)68)66(49)37-11-10-33(42(56)20-37)26-64-15-12-31(13-16-64)52(71)65-17-14-34(27-65)53(72)73-28-44(32-8-7-9-36(54)18-32)61-50(69)43-19-35(24-58-43)39-22-47(60-30(4)5)59-25-41(39)55/h7-11,18-25,29-31,34,44,58,67-68H,6,12-17,26-28H2,1-5H3,(H,57,70)(H,59,60)(H,61,69)/t34?,44-/m1/s1. The van der Waals surface area contributed by atoms with E-state index in [0.29, 0.717) is 89.1 Å². The van der Waals surface area contributed by atoms with E-state index in [1.807, 2.05) is 33.8 Å². The highest BCUT2D eigenvalue weighted by Crippen LogP contribution is 2.39. The van der Waals surface area contributed by atoms with Crippen molar-refractivity contribution in [1.82, 2.24) is 45.2 Å². The van der Waals surface area contributed by atoms with E-state index >= 15 is 4.39 Å². The van der Waals surface area contributed by atoms with Crippen molar-refractivity contribution in [2.75, 3.05) is 44.6 Å². The fourth-order valence-electron chi connectivity index (χ4n) is 9.30. The number of aromatic hydroxyl groups is 2. The maximum absolute atomic E-state index is 16.1. The molecule has 2 aliphatic rings. The van der Waals surface area contributed by atoms with Gasteiger partial charge in [-0.3, -0.25) is 28.6 Å². The zero-order chi connectivity index (χ0) is 52.1. The van der Waals surface area contributed by atoms with Gasteiger partial charge in [-0.15, -0.1) is 10.2 Å². The molecule has 2 fully saturated rings. The maximum atomic E-state index is 16.1. The first kappa shape index (κ1) is 52.3. The van der Waals surface area contributed by atoms with Gasteiger partial charge in [-0.2, -0.15) is 0 Å². The minimum absolute atomic E-state index is 0.0341. The highest BCUT2D eigenvalue weighted by molar-refractivity contribution is 6.33. The number of benzene rings is 3. The molecule has 384 valence electrons. The van der Waals surface area contributed by atoms with Crippen LogP contribution in [0.15, 0.2) is 79.1 Å². The molecule has 2 atom stereocenters. The summed E-state index contributed by atoms with van der Waals surface area (Å²) < 4.78 is 23.3. The van der Waals surface area contributed by atoms with E-state index in [2.05, 4.69) is 41.0 Å². The predicted octanol–water partition coefficient (Wildman–Crippen LogP) is 8.65. The number of aromatic nitrogens is 5. The van der Waals surface area contributed by atoms with E-state index in [1.165, 1.54) is 16.7 Å². The Morgan fingerprint density at radius 2 is 1.66 bits per heavy atom. The van der Waals surface area contributed by atoms with Gasteiger partial charge >= 0.3 is 5.97 Å². The second-order valence-corrected chi connectivity index (χ2v) is 19.9. The van der Waals surface area contributed by atoms with E-state index in [4.69, 9.17) is 27.9 Å². The molecule has 17 nitrogen and oxygen atoms in total. The SMILES string of the molecule is CCNC(=O)c1nnc(-c2cc(C(C)C)c(O)cc2O)n1-c1ccc(CN2CCC(C(=O)N3CCC(C(=O)OC[C@@H](NC(=O)c4cc(-c5cc(NC(C)C)ncc5Cl)c[nH]4)c4cccc(Cl)c4)C3)CC2)c(F)c1. The molecule has 1 unspecified atom stereocenters. The van der Waals surface area contributed by atoms with Gasteiger partial charge in [0.05, 0.1) is 28.2 Å². The number of ether oxygens (including phenoxy) is 1. The summed E-state index contributed by atoms with van der Waals surface area (Å²) in [6.07, 6.45) is 4.77. The number of hydrogen-bond acceptors (Lipinski definition) is 12. The third-order valence-corrected chi connectivity index (χ3v) is 13.7. The van der Waals surface area contributed by atoms with Crippen LogP contribution in [0.25, 0.3) is 28.2 Å². The molecular weight excluding hydrogens is 979 g/mol. The van der Waals surface area contributed by atoms with Crippen LogP contribution in [-0.2, 0) is 20.9 Å². The summed E-state index contributed by atoms with van der Waals surface area (Å²) in [5, 5.41) is 39.5. The number of nitrogens with one attached hydrogen (secondary N) is 4. The summed E-state index contributed by atoms with van der Waals surface area (Å²) in [5.41, 5.74) is 3.70. The number of carbonyl (C=O) groups excluding carboxylic acids is 4. The number of halogens is 3. The molecule has 8 rings (SSSR count). The molecule has 3 aromatic carbocycles. The Hall–Kier alpha value is -7.02. The molecule has 20 heteroatoms. The predicted molar refractivity (Wildman–Crippen MR) is 275 cm³/mol. The molecule has 0 saturated carbocycles. The molecule has 5 heterocycles. The van der Waals surface area contributed by atoms with Crippen LogP contribution in [-0.4, -0.2) is 114 Å². The summed E-state index contributed by atoms with van der Waals surface area (Å²) in [4.78, 5) is 65.4. The maximum Gasteiger partial charge on any atom is 0.310 e. The molecule has 0 spiro atoms. The number of carbonyl (C=O) groups is 4. The lowest BCUT2D eigenvalue weighted by Gasteiger charge is -2.33. The number of esters is 1. The van der Waals surface area contributed by atoms with Crippen molar-refractivity contribution in [3.8, 4) is 39.7 Å². The van der Waals surface area contributed by atoms with Crippen molar-refractivity contribution in [2.24, 2.45) is 11.8 Å². The van der Waals surface area contributed by atoms with Gasteiger partial charge in [0.2, 0.25) is 11.7 Å². The lowest BCUT2D eigenvalue weighted by molar-refractivity contribution is -0.149. The van der Waals surface area contributed by atoms with Crippen molar-refractivity contribution in [2.45, 2.75) is 78.4 Å². The number of nitrogens with zero attached hydrogens (tertiary/aromatic N) is 6. The van der Waals surface area contributed by atoms with Gasteiger partial charge in [0.15, 0.2) is 5.82 Å². The zero-order valence-electron chi connectivity index (χ0n) is 41.2. The van der Waals surface area contributed by atoms with Crippen molar-refractivity contribution >= 4 is 52.7 Å². The minimum Gasteiger partial charge on any atom is -0.508 e. The van der Waals surface area contributed by atoms with Crippen LogP contribution in [0.4, 0.5) is 10.2 Å². The summed E-state index contributed by atoms with van der Waals surface area (Å²) in [7, 11) is 0. The number of piperidine rings is 1. The van der Waals surface area contributed by atoms with Gasteiger partial charge < -0.3 is 40.8 Å². The van der Waals surface area contributed by atoms with Crippen LogP contribution in [0.2, 0.25) is 10.0 Å². The second-order valence-electron chi connectivity index (χ2n) is 19.1. The molecule has 73 heavy (non-hydrogen) atoms. The van der Waals surface area contributed by atoms with Gasteiger partial charge in [-0.25, -0.2) is 9.37 Å². The fourth-order valence-corrected chi connectivity index (χ4v) is 9.71. The quantitative estimate of drug-likeness (QED) is 0.0473. The van der Waals surface area contributed by atoms with Crippen LogP contribution < -0.4 is 16.0 Å². The van der Waals surface area contributed by atoms with Crippen molar-refractivity contribution in [1.29, 1.82) is 0 Å². The number of pyridine rings is 1. The monoisotopic (exact) mass is 1040 g/mol. The molecule has 0 bridgehead atoms. The first-order valence-electron chi connectivity index (χ1n) is 24.4. The number of anilines is 1. The number of amides is 3. The zero-order valence-corrected chi connectivity index (χ0v) is 42.7. The second kappa shape index (κ2) is 22.8. The highest BCUT2D eigenvalue weighted by Gasteiger charge is 2.37. The van der Waals surface area contributed by atoms with Crippen LogP contribution in [0.3, 0.4) is 0 Å². The van der Waals surface area contributed by atoms with Crippen molar-refractivity contribution < 1.29 is 38.5 Å². The van der Waals surface area contributed by atoms with E-state index in [9.17, 15) is 29.4 Å². The normalized spacial score (nSPS) is 15.7. The third kappa shape index (κ3) is 12.1. The Morgan fingerprint density at radius 3 is 2.37 bits per heavy atom. The summed E-state index contributed by atoms with van der Waals surface area (Å²) in [5.74, 6) is -2.68. The largest absolute Gasteiger partial charge is 0.508 e. The lowest BCUT2D eigenvalue weighted by atomic mass is 9.95. The molecule has 6 N–H and O–H groups in total.